The molecule has 0 bridgehead atoms. The van der Waals surface area contributed by atoms with Gasteiger partial charge in [-0.2, -0.15) is 0 Å². The second-order valence-electron chi connectivity index (χ2n) is 5.73. The third-order valence-electron chi connectivity index (χ3n) is 3.42. The van der Waals surface area contributed by atoms with E-state index in [4.69, 9.17) is 5.11 Å². The number of aliphatic carboxylic acids is 1. The molecular weight excluding hydrogens is 296 g/mol. The lowest BCUT2D eigenvalue weighted by Crippen LogP contribution is -1.91. The molecule has 0 heterocycles. The Morgan fingerprint density at radius 1 is 0.667 bits per heavy atom. The fourth-order valence-corrected chi connectivity index (χ4v) is 2.04. The SMILES string of the molecule is CCCCC/C=C/C/C=C\C/C=C/C/C=C/C/C=C\CCC(=O)O. The average Bonchev–Trinajstić information content (AvgIpc) is 2.56. The van der Waals surface area contributed by atoms with E-state index in [0.29, 0.717) is 6.42 Å². The molecule has 0 aromatic rings. The summed E-state index contributed by atoms with van der Waals surface area (Å²) in [5, 5.41) is 8.49. The van der Waals surface area contributed by atoms with E-state index in [1.54, 1.807) is 0 Å². The first kappa shape index (κ1) is 22.2. The third kappa shape index (κ3) is 20.2. The zero-order valence-corrected chi connectivity index (χ0v) is 15.2. The van der Waals surface area contributed by atoms with E-state index >= 15 is 0 Å². The van der Waals surface area contributed by atoms with E-state index in [1.165, 1.54) is 25.7 Å². The van der Waals surface area contributed by atoms with Gasteiger partial charge in [0.05, 0.1) is 0 Å². The first-order valence-electron chi connectivity index (χ1n) is 9.24. The fourth-order valence-electron chi connectivity index (χ4n) is 2.04. The number of hydrogen-bond donors (Lipinski definition) is 1. The van der Waals surface area contributed by atoms with Gasteiger partial charge in [-0.1, -0.05) is 80.5 Å². The molecule has 0 spiro atoms. The van der Waals surface area contributed by atoms with Gasteiger partial charge in [-0.3, -0.25) is 4.79 Å². The van der Waals surface area contributed by atoms with Crippen LogP contribution in [0.4, 0.5) is 0 Å². The van der Waals surface area contributed by atoms with Crippen LogP contribution in [-0.4, -0.2) is 11.1 Å². The molecule has 0 aromatic carbocycles. The Balaban J connectivity index is 3.46. The zero-order valence-electron chi connectivity index (χ0n) is 15.2. The van der Waals surface area contributed by atoms with E-state index < -0.39 is 5.97 Å². The lowest BCUT2D eigenvalue weighted by molar-refractivity contribution is -0.136. The van der Waals surface area contributed by atoms with Gasteiger partial charge in [-0.25, -0.2) is 0 Å². The highest BCUT2D eigenvalue weighted by atomic mass is 16.4. The van der Waals surface area contributed by atoms with Gasteiger partial charge in [0.2, 0.25) is 0 Å². The van der Waals surface area contributed by atoms with Crippen LogP contribution in [0.3, 0.4) is 0 Å². The summed E-state index contributed by atoms with van der Waals surface area (Å²) in [7, 11) is 0. The Hall–Kier alpha value is -1.83. The minimum Gasteiger partial charge on any atom is -0.481 e. The van der Waals surface area contributed by atoms with Crippen LogP contribution in [0.5, 0.6) is 0 Å². The predicted molar refractivity (Wildman–Crippen MR) is 105 cm³/mol. The van der Waals surface area contributed by atoms with Crippen LogP contribution in [0.25, 0.3) is 0 Å². The summed E-state index contributed by atoms with van der Waals surface area (Å²) in [5.41, 5.74) is 0. The van der Waals surface area contributed by atoms with Crippen molar-refractivity contribution in [3.63, 3.8) is 0 Å². The standard InChI is InChI=1S/C22H34O2/c1-2-3-4-5-6-7-8-9-10-11-12-13-14-15-16-17-18-19-20-21-22(23)24/h6-7,9-10,12-13,15-16,18-19H,2-5,8,11,14,17,20-21H2,1H3,(H,23,24)/b7-6+,10-9-,13-12+,16-15+,19-18-. The maximum Gasteiger partial charge on any atom is 0.303 e. The quantitative estimate of drug-likeness (QED) is 0.265. The van der Waals surface area contributed by atoms with Crippen LogP contribution in [0.2, 0.25) is 0 Å². The Bertz CT molecular complexity index is 425. The number of rotatable bonds is 15. The maximum atomic E-state index is 10.3. The van der Waals surface area contributed by atoms with E-state index in [2.05, 4.69) is 55.5 Å². The highest BCUT2D eigenvalue weighted by Crippen LogP contribution is 2.01. The van der Waals surface area contributed by atoms with Crippen LogP contribution in [-0.2, 0) is 4.79 Å². The number of carboxylic acids is 1. The predicted octanol–water partition coefficient (Wildman–Crippen LogP) is 6.77. The first-order chi connectivity index (χ1) is 11.8. The summed E-state index contributed by atoms with van der Waals surface area (Å²) >= 11 is 0. The number of carbonyl (C=O) groups is 1. The Labute approximate surface area is 148 Å². The lowest BCUT2D eigenvalue weighted by atomic mass is 10.2. The van der Waals surface area contributed by atoms with Gasteiger partial charge in [0.25, 0.3) is 0 Å². The zero-order chi connectivity index (χ0) is 17.7. The molecule has 0 rings (SSSR count). The van der Waals surface area contributed by atoms with Gasteiger partial charge in [0.15, 0.2) is 0 Å². The lowest BCUT2D eigenvalue weighted by Gasteiger charge is -1.90. The van der Waals surface area contributed by atoms with E-state index in [-0.39, 0.29) is 6.42 Å². The molecule has 0 amide bonds. The van der Waals surface area contributed by atoms with E-state index in [1.807, 2.05) is 12.2 Å². The van der Waals surface area contributed by atoms with Crippen molar-refractivity contribution in [3.05, 3.63) is 60.8 Å². The van der Waals surface area contributed by atoms with Crippen molar-refractivity contribution in [3.8, 4) is 0 Å². The molecule has 0 aliphatic rings. The summed E-state index contributed by atoms with van der Waals surface area (Å²) in [4.78, 5) is 10.3. The second-order valence-corrected chi connectivity index (χ2v) is 5.73. The molecule has 0 saturated carbocycles. The largest absolute Gasteiger partial charge is 0.481 e. The Morgan fingerprint density at radius 2 is 1.08 bits per heavy atom. The molecule has 0 fully saturated rings. The van der Waals surface area contributed by atoms with Gasteiger partial charge in [0.1, 0.15) is 0 Å². The summed E-state index contributed by atoms with van der Waals surface area (Å²) in [6.07, 6.45) is 31.4. The topological polar surface area (TPSA) is 37.3 Å². The van der Waals surface area contributed by atoms with Crippen molar-refractivity contribution in [2.75, 3.05) is 0 Å². The molecule has 0 radical (unpaired) electrons. The molecule has 1 N–H and O–H groups in total. The number of carboxylic acid groups (broad SMARTS) is 1. The van der Waals surface area contributed by atoms with Crippen LogP contribution in [0.1, 0.15) is 71.1 Å². The average molecular weight is 331 g/mol. The molecule has 0 saturated heterocycles. The van der Waals surface area contributed by atoms with Crippen molar-refractivity contribution in [1.82, 2.24) is 0 Å². The highest BCUT2D eigenvalue weighted by Gasteiger charge is 1.90. The van der Waals surface area contributed by atoms with Crippen molar-refractivity contribution in [2.24, 2.45) is 0 Å². The van der Waals surface area contributed by atoms with Crippen LogP contribution in [0.15, 0.2) is 60.8 Å². The molecule has 134 valence electrons. The summed E-state index contributed by atoms with van der Waals surface area (Å²) in [5.74, 6) is -0.739. The van der Waals surface area contributed by atoms with Crippen LogP contribution in [0, 0.1) is 0 Å². The molecule has 0 atom stereocenters. The van der Waals surface area contributed by atoms with Crippen molar-refractivity contribution >= 4 is 5.97 Å². The Morgan fingerprint density at radius 3 is 1.50 bits per heavy atom. The van der Waals surface area contributed by atoms with Gasteiger partial charge in [-0.15, -0.1) is 0 Å². The normalized spacial score (nSPS) is 12.7. The maximum absolute atomic E-state index is 10.3. The molecule has 24 heavy (non-hydrogen) atoms. The minimum atomic E-state index is -0.739. The van der Waals surface area contributed by atoms with E-state index in [0.717, 1.165) is 25.7 Å². The number of hydrogen-bond acceptors (Lipinski definition) is 1. The van der Waals surface area contributed by atoms with Gasteiger partial charge < -0.3 is 5.11 Å². The number of unbranched alkanes of at least 4 members (excludes halogenated alkanes) is 3. The molecule has 0 aliphatic heterocycles. The minimum absolute atomic E-state index is 0.213. The second kappa shape index (κ2) is 19.2. The van der Waals surface area contributed by atoms with Gasteiger partial charge in [-0.05, 0) is 44.9 Å². The molecule has 0 aliphatic carbocycles. The van der Waals surface area contributed by atoms with Crippen LogP contribution < -0.4 is 0 Å². The summed E-state index contributed by atoms with van der Waals surface area (Å²) in [6.45, 7) is 2.23. The molecule has 0 unspecified atom stereocenters. The summed E-state index contributed by atoms with van der Waals surface area (Å²) in [6, 6.07) is 0. The smallest absolute Gasteiger partial charge is 0.303 e. The fraction of sp³-hybridized carbons (Fsp3) is 0.500. The third-order valence-corrected chi connectivity index (χ3v) is 3.42. The molecule has 0 aromatic heterocycles. The summed E-state index contributed by atoms with van der Waals surface area (Å²) < 4.78 is 0. The van der Waals surface area contributed by atoms with Crippen molar-refractivity contribution in [2.45, 2.75) is 71.1 Å². The van der Waals surface area contributed by atoms with Crippen molar-refractivity contribution < 1.29 is 9.90 Å². The van der Waals surface area contributed by atoms with Crippen LogP contribution >= 0.6 is 0 Å². The van der Waals surface area contributed by atoms with Gasteiger partial charge in [0, 0.05) is 6.42 Å². The first-order valence-corrected chi connectivity index (χ1v) is 9.24. The van der Waals surface area contributed by atoms with Gasteiger partial charge >= 0.3 is 5.97 Å². The molecule has 2 heteroatoms. The highest BCUT2D eigenvalue weighted by molar-refractivity contribution is 5.66. The van der Waals surface area contributed by atoms with E-state index in [9.17, 15) is 4.79 Å². The number of allylic oxidation sites excluding steroid dienone is 10. The Kier molecular flexibility index (Phi) is 17.8. The molecule has 2 nitrogen and oxygen atoms in total. The monoisotopic (exact) mass is 330 g/mol. The van der Waals surface area contributed by atoms with Crippen molar-refractivity contribution in [1.29, 1.82) is 0 Å². The molecular formula is C22H34O2.